The van der Waals surface area contributed by atoms with Crippen molar-refractivity contribution >= 4 is 28.9 Å². The van der Waals surface area contributed by atoms with Gasteiger partial charge in [0, 0.05) is 10.9 Å². The summed E-state index contributed by atoms with van der Waals surface area (Å²) in [4.78, 5) is 31.4. The van der Waals surface area contributed by atoms with Gasteiger partial charge in [-0.3, -0.25) is 14.5 Å². The molecule has 0 bridgehead atoms. The van der Waals surface area contributed by atoms with Crippen LogP contribution in [-0.4, -0.2) is 35.6 Å². The molecule has 1 atom stereocenters. The van der Waals surface area contributed by atoms with E-state index in [-0.39, 0.29) is 24.5 Å². The number of fused-ring (bicyclic) bond motifs is 1. The van der Waals surface area contributed by atoms with Crippen molar-refractivity contribution in [2.45, 2.75) is 64.6 Å². The number of anilines is 1. The van der Waals surface area contributed by atoms with Gasteiger partial charge in [0.05, 0.1) is 16.4 Å². The number of amides is 1. The van der Waals surface area contributed by atoms with Crippen molar-refractivity contribution in [2.24, 2.45) is 0 Å². The molecule has 1 aliphatic carbocycles. The highest BCUT2D eigenvalue weighted by Crippen LogP contribution is 2.38. The van der Waals surface area contributed by atoms with Crippen molar-refractivity contribution in [1.82, 2.24) is 4.98 Å². The molecule has 1 fully saturated rings. The highest BCUT2D eigenvalue weighted by atomic mass is 32.1. The van der Waals surface area contributed by atoms with Gasteiger partial charge in [0.1, 0.15) is 18.4 Å². The second-order valence-electron chi connectivity index (χ2n) is 7.64. The fourth-order valence-corrected chi connectivity index (χ4v) is 4.77. The molecule has 2 heterocycles. The monoisotopic (exact) mass is 414 g/mol. The second kappa shape index (κ2) is 8.53. The zero-order valence-electron chi connectivity index (χ0n) is 16.8. The predicted molar refractivity (Wildman–Crippen MR) is 112 cm³/mol. The minimum absolute atomic E-state index is 0.0196. The van der Waals surface area contributed by atoms with Crippen molar-refractivity contribution in [3.05, 3.63) is 28.6 Å². The average molecular weight is 415 g/mol. The van der Waals surface area contributed by atoms with E-state index >= 15 is 0 Å². The second-order valence-corrected chi connectivity index (χ2v) is 8.58. The lowest BCUT2D eigenvalue weighted by molar-refractivity contribution is -0.148. The Kier molecular flexibility index (Phi) is 5.85. The van der Waals surface area contributed by atoms with Gasteiger partial charge in [0.15, 0.2) is 6.10 Å². The maximum atomic E-state index is 12.8. The molecule has 1 amide bonds. The average Bonchev–Trinajstić information content (AvgIpc) is 3.38. The van der Waals surface area contributed by atoms with Gasteiger partial charge < -0.3 is 9.47 Å². The van der Waals surface area contributed by atoms with Crippen molar-refractivity contribution < 1.29 is 19.1 Å². The Morgan fingerprint density at radius 1 is 1.34 bits per heavy atom. The third-order valence-electron chi connectivity index (χ3n) is 5.37. The summed E-state index contributed by atoms with van der Waals surface area (Å²) in [5, 5.41) is 3.12. The van der Waals surface area contributed by atoms with Gasteiger partial charge in [-0.05, 0) is 63.6 Å². The van der Waals surface area contributed by atoms with Crippen molar-refractivity contribution in [1.29, 1.82) is 0 Å². The number of benzene rings is 1. The maximum absolute atomic E-state index is 12.8. The smallest absolute Gasteiger partial charge is 0.326 e. The summed E-state index contributed by atoms with van der Waals surface area (Å²) in [7, 11) is 0. The SMILES string of the molecule is CCCc1nc(-c2ccc3c(c2)N(CC(=O)OC2CCCC2)C(=O)C(C)O3)cs1. The van der Waals surface area contributed by atoms with E-state index in [1.165, 1.54) is 4.90 Å². The Morgan fingerprint density at radius 2 is 2.14 bits per heavy atom. The Bertz CT molecular complexity index is 904. The van der Waals surface area contributed by atoms with Crippen LogP contribution in [0.1, 0.15) is 51.0 Å². The van der Waals surface area contributed by atoms with Crippen LogP contribution in [0.3, 0.4) is 0 Å². The summed E-state index contributed by atoms with van der Waals surface area (Å²) in [5.74, 6) is -0.00362. The number of thiazole rings is 1. The molecule has 1 saturated carbocycles. The molecule has 1 aromatic carbocycles. The number of aryl methyl sites for hydroxylation is 1. The third-order valence-corrected chi connectivity index (χ3v) is 6.27. The van der Waals surface area contributed by atoms with Crippen molar-refractivity contribution in [3.63, 3.8) is 0 Å². The van der Waals surface area contributed by atoms with Crippen LogP contribution in [0.5, 0.6) is 5.75 Å². The zero-order valence-corrected chi connectivity index (χ0v) is 17.7. The molecule has 1 aromatic heterocycles. The Labute approximate surface area is 174 Å². The summed E-state index contributed by atoms with van der Waals surface area (Å²) in [6.45, 7) is 3.73. The molecule has 154 valence electrons. The molecule has 1 aliphatic heterocycles. The van der Waals surface area contributed by atoms with Crippen molar-refractivity contribution in [3.8, 4) is 17.0 Å². The summed E-state index contributed by atoms with van der Waals surface area (Å²) in [5.41, 5.74) is 2.38. The van der Waals surface area contributed by atoms with Crippen LogP contribution in [0.25, 0.3) is 11.3 Å². The Balaban J connectivity index is 1.59. The lowest BCUT2D eigenvalue weighted by Gasteiger charge is -2.32. The van der Waals surface area contributed by atoms with Crippen LogP contribution in [-0.2, 0) is 20.7 Å². The minimum atomic E-state index is -0.636. The number of rotatable bonds is 6. The van der Waals surface area contributed by atoms with Gasteiger partial charge in [-0.2, -0.15) is 0 Å². The van der Waals surface area contributed by atoms with Gasteiger partial charge >= 0.3 is 5.97 Å². The summed E-state index contributed by atoms with van der Waals surface area (Å²) < 4.78 is 11.3. The van der Waals surface area contributed by atoms with Crippen LogP contribution in [0.2, 0.25) is 0 Å². The molecule has 2 aromatic rings. The first-order chi connectivity index (χ1) is 14.0. The standard InChI is InChI=1S/C22H26N2O4S/c1-3-6-20-23-17(13-29-20)15-9-10-19-18(11-15)24(22(26)14(2)27-19)12-21(25)28-16-7-4-5-8-16/h9-11,13-14,16H,3-8,12H2,1-2H3. The molecule has 6 nitrogen and oxygen atoms in total. The van der Waals surface area contributed by atoms with E-state index < -0.39 is 6.10 Å². The molecule has 1 unspecified atom stereocenters. The van der Waals surface area contributed by atoms with Gasteiger partial charge in [-0.25, -0.2) is 4.98 Å². The van der Waals surface area contributed by atoms with Gasteiger partial charge in [0.25, 0.3) is 5.91 Å². The van der Waals surface area contributed by atoms with Crippen LogP contribution in [0.4, 0.5) is 5.69 Å². The molecule has 29 heavy (non-hydrogen) atoms. The van der Waals surface area contributed by atoms with Crippen molar-refractivity contribution in [2.75, 3.05) is 11.4 Å². The quantitative estimate of drug-likeness (QED) is 0.657. The number of ether oxygens (including phenoxy) is 2. The number of carbonyl (C=O) groups is 2. The third kappa shape index (κ3) is 4.29. The highest BCUT2D eigenvalue weighted by molar-refractivity contribution is 7.09. The molecular formula is C22H26N2O4S. The summed E-state index contributed by atoms with van der Waals surface area (Å²) >= 11 is 1.64. The van der Waals surface area contributed by atoms with E-state index in [1.54, 1.807) is 18.3 Å². The van der Waals surface area contributed by atoms with Gasteiger partial charge in [0.2, 0.25) is 0 Å². The number of nitrogens with zero attached hydrogens (tertiary/aromatic N) is 2. The number of aromatic nitrogens is 1. The summed E-state index contributed by atoms with van der Waals surface area (Å²) in [6.07, 6.45) is 5.34. The number of hydrogen-bond acceptors (Lipinski definition) is 6. The lowest BCUT2D eigenvalue weighted by atomic mass is 10.1. The minimum Gasteiger partial charge on any atom is -0.479 e. The molecule has 7 heteroatoms. The Hall–Kier alpha value is -2.41. The van der Waals surface area contributed by atoms with Crippen LogP contribution < -0.4 is 9.64 Å². The number of carbonyl (C=O) groups excluding carboxylic acids is 2. The first-order valence-electron chi connectivity index (χ1n) is 10.3. The number of hydrogen-bond donors (Lipinski definition) is 0. The van der Waals surface area contributed by atoms with E-state index in [9.17, 15) is 9.59 Å². The van der Waals surface area contributed by atoms with E-state index in [0.717, 1.165) is 54.8 Å². The summed E-state index contributed by atoms with van der Waals surface area (Å²) in [6, 6.07) is 5.68. The fraction of sp³-hybridized carbons (Fsp3) is 0.500. The van der Waals surface area contributed by atoms with Crippen LogP contribution in [0.15, 0.2) is 23.6 Å². The largest absolute Gasteiger partial charge is 0.479 e. The molecule has 4 rings (SSSR count). The number of esters is 1. The van der Waals surface area contributed by atoms with Gasteiger partial charge in [-0.15, -0.1) is 11.3 Å². The molecule has 0 saturated heterocycles. The maximum Gasteiger partial charge on any atom is 0.326 e. The van der Waals surface area contributed by atoms with Gasteiger partial charge in [-0.1, -0.05) is 6.92 Å². The first kappa shape index (κ1) is 19.9. The predicted octanol–water partition coefficient (Wildman–Crippen LogP) is 4.36. The van der Waals surface area contributed by atoms with Crippen LogP contribution in [0, 0.1) is 0 Å². The van der Waals surface area contributed by atoms with Crippen LogP contribution >= 0.6 is 11.3 Å². The molecule has 0 radical (unpaired) electrons. The van der Waals surface area contributed by atoms with E-state index in [1.807, 2.05) is 23.6 Å². The molecule has 0 N–H and O–H groups in total. The normalized spacial score (nSPS) is 19.2. The molecular weight excluding hydrogens is 388 g/mol. The topological polar surface area (TPSA) is 68.7 Å². The molecule has 2 aliphatic rings. The fourth-order valence-electron chi connectivity index (χ4n) is 3.86. The molecule has 0 spiro atoms. The van der Waals surface area contributed by atoms with E-state index in [4.69, 9.17) is 14.5 Å². The Morgan fingerprint density at radius 3 is 2.90 bits per heavy atom. The first-order valence-corrected chi connectivity index (χ1v) is 11.2. The zero-order chi connectivity index (χ0) is 20.4. The van der Waals surface area contributed by atoms with E-state index in [2.05, 4.69) is 6.92 Å². The lowest BCUT2D eigenvalue weighted by Crippen LogP contribution is -2.47. The highest BCUT2D eigenvalue weighted by Gasteiger charge is 2.34. The van der Waals surface area contributed by atoms with E-state index in [0.29, 0.717) is 11.4 Å².